The number of Topliss-reactive ketones (excluding diaryl/α,β-unsaturated/α-hetero) is 1. The summed E-state index contributed by atoms with van der Waals surface area (Å²) in [7, 11) is 3.50. The SMILES string of the molecule is COc1c2c(cc3c1[C@@H](CC(=O)c1c(C)c([N+](=O)[O-])c(C(C)(C)C)c([N+](=O)[O-])c1C)[NH+](C)CC3)OCO2. The number of nitro groups is 2. The standard InChI is InChI=1S/C26H31N3O8/c1-13-19(14(2)23(29(33)34)21(26(3,4)5)22(13)28(31)32)17(30)11-16-20-15(8-9-27(16)6)10-18-24(25(20)35-7)37-12-36-18/h10,16H,8-9,11-12H2,1-7H3/p+1/t16-/m1/s1. The fourth-order valence-electron chi connectivity index (χ4n) is 5.78. The monoisotopic (exact) mass is 514 g/mol. The third kappa shape index (κ3) is 4.26. The Hall–Kier alpha value is -3.73. The predicted octanol–water partition coefficient (Wildman–Crippen LogP) is 3.54. The van der Waals surface area contributed by atoms with E-state index >= 15 is 0 Å². The van der Waals surface area contributed by atoms with E-state index < -0.39 is 21.0 Å². The lowest BCUT2D eigenvalue weighted by atomic mass is 9.79. The van der Waals surface area contributed by atoms with E-state index in [9.17, 15) is 25.0 Å². The van der Waals surface area contributed by atoms with E-state index in [-0.39, 0.29) is 52.9 Å². The van der Waals surface area contributed by atoms with Crippen LogP contribution in [0.3, 0.4) is 0 Å². The van der Waals surface area contributed by atoms with E-state index in [2.05, 4.69) is 0 Å². The molecule has 2 atom stereocenters. The third-order valence-corrected chi connectivity index (χ3v) is 7.40. The number of carbonyl (C=O) groups excluding carboxylic acids is 1. The molecule has 2 aromatic rings. The van der Waals surface area contributed by atoms with Gasteiger partial charge in [-0.3, -0.25) is 25.0 Å². The molecule has 0 spiro atoms. The van der Waals surface area contributed by atoms with Gasteiger partial charge >= 0.3 is 0 Å². The van der Waals surface area contributed by atoms with Gasteiger partial charge in [0, 0.05) is 28.5 Å². The van der Waals surface area contributed by atoms with Gasteiger partial charge in [-0.1, -0.05) is 20.8 Å². The molecule has 2 aliphatic heterocycles. The van der Waals surface area contributed by atoms with Crippen LogP contribution in [0.4, 0.5) is 11.4 Å². The predicted molar refractivity (Wildman–Crippen MR) is 134 cm³/mol. The number of rotatable bonds is 6. The molecule has 2 aliphatic rings. The highest BCUT2D eigenvalue weighted by molar-refractivity contribution is 6.02. The topological polar surface area (TPSA) is 135 Å². The number of nitrogens with zero attached hydrogens (tertiary/aromatic N) is 2. The lowest BCUT2D eigenvalue weighted by Gasteiger charge is -2.33. The van der Waals surface area contributed by atoms with Gasteiger partial charge < -0.3 is 19.1 Å². The molecule has 4 rings (SSSR count). The lowest BCUT2D eigenvalue weighted by Crippen LogP contribution is -3.10. The molecule has 0 aromatic heterocycles. The Labute approximate surface area is 214 Å². The summed E-state index contributed by atoms with van der Waals surface area (Å²) in [5, 5.41) is 24.3. The van der Waals surface area contributed by atoms with Crippen LogP contribution in [0.5, 0.6) is 17.2 Å². The molecule has 0 saturated heterocycles. The minimum Gasteiger partial charge on any atom is -0.492 e. The smallest absolute Gasteiger partial charge is 0.283 e. The summed E-state index contributed by atoms with van der Waals surface area (Å²) >= 11 is 0. The molecule has 0 aliphatic carbocycles. The zero-order valence-electron chi connectivity index (χ0n) is 22.1. The van der Waals surface area contributed by atoms with Crippen molar-refractivity contribution in [3.8, 4) is 17.2 Å². The first kappa shape index (κ1) is 26.3. The second-order valence-electron chi connectivity index (χ2n) is 10.7. The van der Waals surface area contributed by atoms with Crippen molar-refractivity contribution in [2.45, 2.75) is 58.9 Å². The summed E-state index contributed by atoms with van der Waals surface area (Å²) in [6.07, 6.45) is 0.730. The van der Waals surface area contributed by atoms with Crippen LogP contribution in [0.15, 0.2) is 6.07 Å². The highest BCUT2D eigenvalue weighted by Crippen LogP contribution is 2.49. The normalized spacial score (nSPS) is 18.4. The highest BCUT2D eigenvalue weighted by atomic mass is 16.7. The van der Waals surface area contributed by atoms with Crippen molar-refractivity contribution >= 4 is 17.2 Å². The van der Waals surface area contributed by atoms with Gasteiger partial charge in [-0.05, 0) is 25.5 Å². The van der Waals surface area contributed by atoms with E-state index in [0.717, 1.165) is 29.0 Å². The molecule has 0 amide bonds. The summed E-state index contributed by atoms with van der Waals surface area (Å²) in [6, 6.07) is 1.56. The van der Waals surface area contributed by atoms with Gasteiger partial charge in [-0.15, -0.1) is 0 Å². The zero-order chi connectivity index (χ0) is 27.4. The van der Waals surface area contributed by atoms with Gasteiger partial charge in [0.15, 0.2) is 17.3 Å². The molecule has 0 bridgehead atoms. The van der Waals surface area contributed by atoms with Gasteiger partial charge in [0.2, 0.25) is 12.5 Å². The molecule has 0 saturated carbocycles. The lowest BCUT2D eigenvalue weighted by molar-refractivity contribution is -0.913. The third-order valence-electron chi connectivity index (χ3n) is 7.40. The number of ether oxygens (including phenoxy) is 3. The van der Waals surface area contributed by atoms with Crippen LogP contribution in [-0.4, -0.2) is 43.1 Å². The number of nitro benzene ring substituents is 2. The van der Waals surface area contributed by atoms with Crippen molar-refractivity contribution in [2.75, 3.05) is 27.5 Å². The molecule has 2 heterocycles. The first-order valence-electron chi connectivity index (χ1n) is 12.1. The first-order chi connectivity index (χ1) is 17.3. The number of nitrogens with one attached hydrogen (secondary N) is 1. The molecule has 37 heavy (non-hydrogen) atoms. The second kappa shape index (κ2) is 9.29. The van der Waals surface area contributed by atoms with Gasteiger partial charge in [0.1, 0.15) is 11.6 Å². The number of hydrogen-bond donors (Lipinski definition) is 1. The average Bonchev–Trinajstić information content (AvgIpc) is 3.26. The number of fused-ring (bicyclic) bond motifs is 2. The van der Waals surface area contributed by atoms with Gasteiger partial charge in [0.05, 0.1) is 42.5 Å². The van der Waals surface area contributed by atoms with Crippen LogP contribution in [0.25, 0.3) is 0 Å². The molecule has 1 N–H and O–H groups in total. The zero-order valence-corrected chi connectivity index (χ0v) is 22.1. The Morgan fingerprint density at radius 1 is 1.14 bits per heavy atom. The summed E-state index contributed by atoms with van der Waals surface area (Å²) in [5.41, 5.74) is 0.527. The maximum Gasteiger partial charge on any atom is 0.283 e. The summed E-state index contributed by atoms with van der Waals surface area (Å²) in [5.74, 6) is 1.20. The van der Waals surface area contributed by atoms with Crippen molar-refractivity contribution in [1.29, 1.82) is 0 Å². The quantitative estimate of drug-likeness (QED) is 0.351. The van der Waals surface area contributed by atoms with Gasteiger partial charge in [-0.25, -0.2) is 0 Å². The van der Waals surface area contributed by atoms with Crippen molar-refractivity contribution in [3.05, 3.63) is 59.7 Å². The van der Waals surface area contributed by atoms with Gasteiger partial charge in [-0.2, -0.15) is 0 Å². The molecule has 1 unspecified atom stereocenters. The number of benzene rings is 2. The summed E-state index contributed by atoms with van der Waals surface area (Å²) in [4.78, 5) is 38.1. The Bertz CT molecular complexity index is 1290. The first-order valence-corrected chi connectivity index (χ1v) is 12.1. The fourth-order valence-corrected chi connectivity index (χ4v) is 5.78. The largest absolute Gasteiger partial charge is 0.492 e. The van der Waals surface area contributed by atoms with Crippen LogP contribution >= 0.6 is 0 Å². The van der Waals surface area contributed by atoms with E-state index in [0.29, 0.717) is 17.2 Å². The van der Waals surface area contributed by atoms with Crippen molar-refractivity contribution < 1.29 is 33.8 Å². The maximum absolute atomic E-state index is 13.9. The molecule has 0 fully saturated rings. The second-order valence-corrected chi connectivity index (χ2v) is 10.7. The minimum atomic E-state index is -0.885. The van der Waals surface area contributed by atoms with Crippen LogP contribution in [0, 0.1) is 34.1 Å². The molecule has 11 nitrogen and oxygen atoms in total. The number of hydrogen-bond acceptors (Lipinski definition) is 8. The molecular weight excluding hydrogens is 482 g/mol. The number of likely N-dealkylation sites (N-methyl/N-ethyl adjacent to an activating group) is 1. The van der Waals surface area contributed by atoms with E-state index in [1.54, 1.807) is 20.8 Å². The molecule has 2 aromatic carbocycles. The summed E-state index contributed by atoms with van der Waals surface area (Å²) in [6.45, 7) is 8.90. The van der Waals surface area contributed by atoms with Crippen molar-refractivity contribution in [3.63, 3.8) is 0 Å². The van der Waals surface area contributed by atoms with Crippen LogP contribution < -0.4 is 19.1 Å². The molecule has 0 radical (unpaired) electrons. The molecular formula is C26H32N3O8+. The molecule has 11 heteroatoms. The maximum atomic E-state index is 13.9. The molecule has 198 valence electrons. The average molecular weight is 515 g/mol. The number of quaternary nitrogens is 1. The van der Waals surface area contributed by atoms with Crippen LogP contribution in [-0.2, 0) is 11.8 Å². The van der Waals surface area contributed by atoms with Crippen LogP contribution in [0.2, 0.25) is 0 Å². The Morgan fingerprint density at radius 2 is 1.73 bits per heavy atom. The van der Waals surface area contributed by atoms with E-state index in [1.165, 1.54) is 21.0 Å². The van der Waals surface area contributed by atoms with E-state index in [4.69, 9.17) is 14.2 Å². The number of ketones is 1. The number of methoxy groups -OCH3 is 1. The van der Waals surface area contributed by atoms with Gasteiger partial charge in [0.25, 0.3) is 11.4 Å². The number of carbonyl (C=O) groups is 1. The Kier molecular flexibility index (Phi) is 6.61. The highest BCUT2D eigenvalue weighted by Gasteiger charge is 2.43. The Balaban J connectivity index is 1.88. The van der Waals surface area contributed by atoms with E-state index in [1.807, 2.05) is 13.1 Å². The Morgan fingerprint density at radius 3 is 2.24 bits per heavy atom. The van der Waals surface area contributed by atoms with Crippen LogP contribution in [0.1, 0.15) is 71.4 Å². The minimum absolute atomic E-state index is 0.0142. The van der Waals surface area contributed by atoms with Crippen molar-refractivity contribution in [1.82, 2.24) is 0 Å². The fraction of sp³-hybridized carbons (Fsp3) is 0.500. The van der Waals surface area contributed by atoms with Crippen molar-refractivity contribution in [2.24, 2.45) is 0 Å². The summed E-state index contributed by atoms with van der Waals surface area (Å²) < 4.78 is 16.9.